The molecular weight excluding hydrogens is 336 g/mol. The second-order valence-electron chi connectivity index (χ2n) is 5.06. The standard InChI is InChI=1S/C15H20N2O4S2/c1-4-15(18,5-2)13-10-22-14(16-13)17-23(19,20)12-8-6-11(21-3)7-9-12/h6-10,18H,4-5H2,1-3H3,(H,16,17). The maximum Gasteiger partial charge on any atom is 0.263 e. The molecule has 126 valence electrons. The minimum Gasteiger partial charge on any atom is -0.497 e. The number of nitrogens with one attached hydrogen (secondary N) is 1. The smallest absolute Gasteiger partial charge is 0.263 e. The van der Waals surface area contributed by atoms with E-state index in [4.69, 9.17) is 4.74 Å². The molecule has 1 aromatic carbocycles. The Morgan fingerprint density at radius 1 is 1.26 bits per heavy atom. The fraction of sp³-hybridized carbons (Fsp3) is 0.400. The first-order valence-corrected chi connectivity index (χ1v) is 9.56. The molecule has 0 atom stereocenters. The predicted octanol–water partition coefficient (Wildman–Crippen LogP) is 2.96. The molecule has 1 aromatic heterocycles. The molecule has 1 heterocycles. The van der Waals surface area contributed by atoms with E-state index in [1.807, 2.05) is 13.8 Å². The van der Waals surface area contributed by atoms with Crippen LogP contribution in [0.1, 0.15) is 32.4 Å². The molecule has 23 heavy (non-hydrogen) atoms. The first-order chi connectivity index (χ1) is 10.8. The first-order valence-electron chi connectivity index (χ1n) is 7.20. The van der Waals surface area contributed by atoms with E-state index in [1.165, 1.54) is 19.2 Å². The van der Waals surface area contributed by atoms with Crippen molar-refractivity contribution in [2.24, 2.45) is 0 Å². The number of hydrogen-bond donors (Lipinski definition) is 2. The van der Waals surface area contributed by atoms with Crippen LogP contribution in [-0.2, 0) is 15.6 Å². The Kier molecular flexibility index (Phi) is 5.28. The van der Waals surface area contributed by atoms with Crippen LogP contribution in [0.15, 0.2) is 34.5 Å². The maximum atomic E-state index is 12.4. The molecule has 2 N–H and O–H groups in total. The van der Waals surface area contributed by atoms with Gasteiger partial charge in [-0.05, 0) is 37.1 Å². The van der Waals surface area contributed by atoms with Gasteiger partial charge in [0.15, 0.2) is 5.13 Å². The van der Waals surface area contributed by atoms with Gasteiger partial charge >= 0.3 is 0 Å². The Balaban J connectivity index is 2.22. The van der Waals surface area contributed by atoms with Crippen LogP contribution < -0.4 is 9.46 Å². The Labute approximate surface area is 140 Å². The number of aliphatic hydroxyl groups is 1. The maximum absolute atomic E-state index is 12.4. The summed E-state index contributed by atoms with van der Waals surface area (Å²) in [6, 6.07) is 6.08. The van der Waals surface area contributed by atoms with Crippen molar-refractivity contribution in [2.45, 2.75) is 37.2 Å². The Bertz CT molecular complexity index is 750. The summed E-state index contributed by atoms with van der Waals surface area (Å²) in [4.78, 5) is 4.34. The van der Waals surface area contributed by atoms with Crippen molar-refractivity contribution < 1.29 is 18.3 Å². The van der Waals surface area contributed by atoms with E-state index in [0.29, 0.717) is 24.3 Å². The average molecular weight is 356 g/mol. The van der Waals surface area contributed by atoms with Gasteiger partial charge in [-0.1, -0.05) is 13.8 Å². The molecule has 0 spiro atoms. The lowest BCUT2D eigenvalue weighted by Gasteiger charge is -2.22. The molecule has 0 radical (unpaired) electrons. The van der Waals surface area contributed by atoms with Crippen molar-refractivity contribution in [3.63, 3.8) is 0 Å². The number of aromatic nitrogens is 1. The molecule has 0 unspecified atom stereocenters. The third-order valence-electron chi connectivity index (χ3n) is 3.74. The second kappa shape index (κ2) is 6.86. The molecule has 0 saturated carbocycles. The molecule has 2 aromatic rings. The van der Waals surface area contributed by atoms with E-state index >= 15 is 0 Å². The van der Waals surface area contributed by atoms with Crippen LogP contribution in [0.25, 0.3) is 0 Å². The number of methoxy groups -OCH3 is 1. The van der Waals surface area contributed by atoms with Crippen molar-refractivity contribution in [2.75, 3.05) is 11.8 Å². The predicted molar refractivity (Wildman–Crippen MR) is 90.4 cm³/mol. The van der Waals surface area contributed by atoms with Crippen molar-refractivity contribution in [3.05, 3.63) is 35.3 Å². The Morgan fingerprint density at radius 3 is 2.39 bits per heavy atom. The summed E-state index contributed by atoms with van der Waals surface area (Å²) in [6.07, 6.45) is 1.02. The summed E-state index contributed by atoms with van der Waals surface area (Å²) in [5, 5.41) is 12.4. The third-order valence-corrected chi connectivity index (χ3v) is 5.98. The highest BCUT2D eigenvalue weighted by atomic mass is 32.2. The van der Waals surface area contributed by atoms with Crippen LogP contribution in [0, 0.1) is 0 Å². The summed E-state index contributed by atoms with van der Waals surface area (Å²) >= 11 is 1.15. The number of rotatable bonds is 7. The molecule has 0 fully saturated rings. The molecule has 0 bridgehead atoms. The summed E-state index contributed by atoms with van der Waals surface area (Å²) in [6.45, 7) is 3.73. The zero-order valence-electron chi connectivity index (χ0n) is 13.2. The molecule has 0 aliphatic heterocycles. The van der Waals surface area contributed by atoms with Crippen molar-refractivity contribution in [1.29, 1.82) is 0 Å². The van der Waals surface area contributed by atoms with Gasteiger partial charge in [0.1, 0.15) is 11.4 Å². The molecule has 2 rings (SSSR count). The van der Waals surface area contributed by atoms with Crippen LogP contribution in [0.5, 0.6) is 5.75 Å². The van der Waals surface area contributed by atoms with E-state index in [1.54, 1.807) is 17.5 Å². The quantitative estimate of drug-likeness (QED) is 0.796. The largest absolute Gasteiger partial charge is 0.497 e. The van der Waals surface area contributed by atoms with Gasteiger partial charge in [-0.2, -0.15) is 0 Å². The highest BCUT2D eigenvalue weighted by Gasteiger charge is 2.28. The van der Waals surface area contributed by atoms with E-state index in [9.17, 15) is 13.5 Å². The summed E-state index contributed by atoms with van der Waals surface area (Å²) in [5.74, 6) is 0.580. The molecule has 0 amide bonds. The normalized spacial score (nSPS) is 12.2. The molecular formula is C15H20N2O4S2. The van der Waals surface area contributed by atoms with Crippen LogP contribution in [0.4, 0.5) is 5.13 Å². The molecule has 0 aliphatic carbocycles. The van der Waals surface area contributed by atoms with Crippen molar-refractivity contribution >= 4 is 26.5 Å². The number of thiazole rings is 1. The van der Waals surface area contributed by atoms with Gasteiger partial charge in [0.2, 0.25) is 0 Å². The van der Waals surface area contributed by atoms with Gasteiger partial charge in [0.05, 0.1) is 17.7 Å². The molecule has 6 nitrogen and oxygen atoms in total. The van der Waals surface area contributed by atoms with Crippen LogP contribution >= 0.6 is 11.3 Å². The second-order valence-corrected chi connectivity index (χ2v) is 7.60. The number of hydrogen-bond acceptors (Lipinski definition) is 6. The number of anilines is 1. The van der Waals surface area contributed by atoms with Crippen molar-refractivity contribution in [3.8, 4) is 5.75 Å². The number of sulfonamides is 1. The summed E-state index contributed by atoms with van der Waals surface area (Å²) < 4.78 is 32.2. The zero-order valence-corrected chi connectivity index (χ0v) is 14.9. The lowest BCUT2D eigenvalue weighted by atomic mass is 9.94. The van der Waals surface area contributed by atoms with E-state index in [2.05, 4.69) is 9.71 Å². The monoisotopic (exact) mass is 356 g/mol. The summed E-state index contributed by atoms with van der Waals surface area (Å²) in [5.41, 5.74) is -0.541. The molecule has 0 saturated heterocycles. The molecule has 0 aliphatic rings. The zero-order chi connectivity index (χ0) is 17.1. The lowest BCUT2D eigenvalue weighted by molar-refractivity contribution is 0.0247. The van der Waals surface area contributed by atoms with Gasteiger partial charge < -0.3 is 9.84 Å². The van der Waals surface area contributed by atoms with Gasteiger partial charge in [-0.15, -0.1) is 11.3 Å². The minimum atomic E-state index is -3.72. The topological polar surface area (TPSA) is 88.5 Å². The van der Waals surface area contributed by atoms with Crippen molar-refractivity contribution in [1.82, 2.24) is 4.98 Å². The Morgan fingerprint density at radius 2 is 1.87 bits per heavy atom. The SMILES string of the molecule is CCC(O)(CC)c1csc(NS(=O)(=O)c2ccc(OC)cc2)n1. The molecule has 8 heteroatoms. The Hall–Kier alpha value is -1.64. The average Bonchev–Trinajstić information content (AvgIpc) is 3.02. The van der Waals surface area contributed by atoms with E-state index in [0.717, 1.165) is 11.3 Å². The number of nitrogens with zero attached hydrogens (tertiary/aromatic N) is 1. The van der Waals surface area contributed by atoms with Gasteiger partial charge in [0.25, 0.3) is 10.0 Å². The van der Waals surface area contributed by atoms with Gasteiger partial charge in [-0.25, -0.2) is 13.4 Å². The van der Waals surface area contributed by atoms with Gasteiger partial charge in [0, 0.05) is 5.38 Å². The van der Waals surface area contributed by atoms with E-state index < -0.39 is 15.6 Å². The third kappa shape index (κ3) is 3.82. The van der Waals surface area contributed by atoms with Crippen LogP contribution in [-0.4, -0.2) is 25.6 Å². The van der Waals surface area contributed by atoms with Gasteiger partial charge in [-0.3, -0.25) is 4.72 Å². The fourth-order valence-corrected chi connectivity index (χ4v) is 4.13. The number of benzene rings is 1. The van der Waals surface area contributed by atoms with Crippen LogP contribution in [0.2, 0.25) is 0 Å². The fourth-order valence-electron chi connectivity index (χ4n) is 2.08. The highest BCUT2D eigenvalue weighted by molar-refractivity contribution is 7.93. The van der Waals surface area contributed by atoms with Crippen LogP contribution in [0.3, 0.4) is 0 Å². The number of ether oxygens (including phenoxy) is 1. The minimum absolute atomic E-state index is 0.122. The highest BCUT2D eigenvalue weighted by Crippen LogP contribution is 2.31. The first kappa shape index (κ1) is 17.7. The lowest BCUT2D eigenvalue weighted by Crippen LogP contribution is -2.24. The van der Waals surface area contributed by atoms with E-state index in [-0.39, 0.29) is 10.0 Å². The summed E-state index contributed by atoms with van der Waals surface area (Å²) in [7, 11) is -2.21.